The second-order valence-corrected chi connectivity index (χ2v) is 4.48. The van der Waals surface area contributed by atoms with Gasteiger partial charge in [-0.1, -0.05) is 0 Å². The highest BCUT2D eigenvalue weighted by Gasteiger charge is 2.23. The summed E-state index contributed by atoms with van der Waals surface area (Å²) in [6.45, 7) is 2.70. The Morgan fingerprint density at radius 3 is 2.89 bits per heavy atom. The summed E-state index contributed by atoms with van der Waals surface area (Å²) in [5.41, 5.74) is 0.491. The van der Waals surface area contributed by atoms with Gasteiger partial charge in [0, 0.05) is 24.3 Å². The molecule has 6 heteroatoms. The van der Waals surface area contributed by atoms with Crippen LogP contribution in [0.3, 0.4) is 0 Å². The molecule has 0 spiro atoms. The van der Waals surface area contributed by atoms with Gasteiger partial charge in [-0.2, -0.15) is 0 Å². The number of hydrogen-bond donors (Lipinski definition) is 3. The van der Waals surface area contributed by atoms with E-state index in [0.717, 1.165) is 19.4 Å². The molecule has 1 aromatic heterocycles. The van der Waals surface area contributed by atoms with E-state index in [0.29, 0.717) is 17.4 Å². The number of nitrogens with one attached hydrogen (secondary N) is 3. The molecule has 6 nitrogen and oxygen atoms in total. The normalized spacial score (nSPS) is 13.7. The lowest BCUT2D eigenvalue weighted by atomic mass is 10.2. The topological polar surface area (TPSA) is 83.1 Å². The van der Waals surface area contributed by atoms with E-state index in [-0.39, 0.29) is 18.4 Å². The summed E-state index contributed by atoms with van der Waals surface area (Å²) in [7, 11) is 0. The zero-order valence-electron chi connectivity index (χ0n) is 10.9. The van der Waals surface area contributed by atoms with Crippen LogP contribution in [-0.2, 0) is 4.79 Å². The van der Waals surface area contributed by atoms with E-state index in [9.17, 15) is 9.59 Å². The third-order valence-electron chi connectivity index (χ3n) is 2.73. The Morgan fingerprint density at radius 1 is 1.42 bits per heavy atom. The van der Waals surface area contributed by atoms with Gasteiger partial charge in [0.15, 0.2) is 0 Å². The molecule has 102 valence electrons. The quantitative estimate of drug-likeness (QED) is 0.698. The fourth-order valence-electron chi connectivity index (χ4n) is 1.62. The third kappa shape index (κ3) is 4.24. The number of anilines is 1. The first-order chi connectivity index (χ1) is 9.19. The van der Waals surface area contributed by atoms with Crippen molar-refractivity contribution < 1.29 is 9.59 Å². The molecule has 1 fully saturated rings. The molecule has 1 aliphatic carbocycles. The van der Waals surface area contributed by atoms with Crippen molar-refractivity contribution in [1.29, 1.82) is 0 Å². The first-order valence-electron chi connectivity index (χ1n) is 6.46. The second kappa shape index (κ2) is 6.17. The van der Waals surface area contributed by atoms with Gasteiger partial charge in [0.1, 0.15) is 5.82 Å². The predicted molar refractivity (Wildman–Crippen MR) is 71.9 cm³/mol. The predicted octanol–water partition coefficient (Wildman–Crippen LogP) is 0.522. The summed E-state index contributed by atoms with van der Waals surface area (Å²) >= 11 is 0. The van der Waals surface area contributed by atoms with Gasteiger partial charge in [-0.3, -0.25) is 9.59 Å². The van der Waals surface area contributed by atoms with Gasteiger partial charge in [-0.15, -0.1) is 0 Å². The maximum atomic E-state index is 11.9. The minimum atomic E-state index is -0.271. The molecule has 1 aliphatic rings. The van der Waals surface area contributed by atoms with Gasteiger partial charge in [0.05, 0.1) is 6.54 Å². The molecular formula is C13H18N4O2. The van der Waals surface area contributed by atoms with Crippen molar-refractivity contribution in [3.63, 3.8) is 0 Å². The van der Waals surface area contributed by atoms with Crippen molar-refractivity contribution >= 4 is 17.6 Å². The molecule has 0 saturated heterocycles. The van der Waals surface area contributed by atoms with E-state index in [1.165, 1.54) is 0 Å². The van der Waals surface area contributed by atoms with Crippen LogP contribution in [0, 0.1) is 0 Å². The number of carbonyl (C=O) groups excluding carboxylic acids is 2. The smallest absolute Gasteiger partial charge is 0.251 e. The van der Waals surface area contributed by atoms with Crippen LogP contribution in [0.4, 0.5) is 5.82 Å². The number of nitrogens with zero attached hydrogens (tertiary/aromatic N) is 1. The SMILES string of the molecule is CCNc1cc(C(=O)NCC(=O)NC2CC2)ccn1. The number of pyridine rings is 1. The Kier molecular flexibility index (Phi) is 4.33. The van der Waals surface area contributed by atoms with Crippen molar-refractivity contribution in [3.05, 3.63) is 23.9 Å². The van der Waals surface area contributed by atoms with Crippen molar-refractivity contribution in [2.75, 3.05) is 18.4 Å². The van der Waals surface area contributed by atoms with Crippen molar-refractivity contribution in [2.45, 2.75) is 25.8 Å². The Labute approximate surface area is 112 Å². The van der Waals surface area contributed by atoms with Gasteiger partial charge >= 0.3 is 0 Å². The lowest BCUT2D eigenvalue weighted by molar-refractivity contribution is -0.120. The first kappa shape index (κ1) is 13.3. The number of amides is 2. The third-order valence-corrected chi connectivity index (χ3v) is 2.73. The Hall–Kier alpha value is -2.11. The zero-order chi connectivity index (χ0) is 13.7. The van der Waals surface area contributed by atoms with Crippen LogP contribution in [-0.4, -0.2) is 35.9 Å². The van der Waals surface area contributed by atoms with Gasteiger partial charge in [-0.05, 0) is 31.9 Å². The van der Waals surface area contributed by atoms with Gasteiger partial charge in [0.25, 0.3) is 5.91 Å². The summed E-state index contributed by atoms with van der Waals surface area (Å²) in [6.07, 6.45) is 3.64. The average Bonchev–Trinajstić information content (AvgIpc) is 3.20. The number of aromatic nitrogens is 1. The number of hydrogen-bond acceptors (Lipinski definition) is 4. The average molecular weight is 262 g/mol. The molecule has 19 heavy (non-hydrogen) atoms. The minimum Gasteiger partial charge on any atom is -0.370 e. The van der Waals surface area contributed by atoms with Crippen molar-refractivity contribution in [3.8, 4) is 0 Å². The van der Waals surface area contributed by atoms with Gasteiger partial charge in [0.2, 0.25) is 5.91 Å². The van der Waals surface area contributed by atoms with Crippen LogP contribution < -0.4 is 16.0 Å². The maximum absolute atomic E-state index is 11.9. The molecule has 0 bridgehead atoms. The van der Waals surface area contributed by atoms with Crippen LogP contribution in [0.25, 0.3) is 0 Å². The molecule has 0 radical (unpaired) electrons. The molecule has 0 aromatic carbocycles. The minimum absolute atomic E-state index is 0.00813. The molecule has 2 amide bonds. The monoisotopic (exact) mass is 262 g/mol. The Morgan fingerprint density at radius 2 is 2.21 bits per heavy atom. The van der Waals surface area contributed by atoms with E-state index in [1.54, 1.807) is 18.3 Å². The summed E-state index contributed by atoms with van der Waals surface area (Å²) in [6, 6.07) is 3.60. The van der Waals surface area contributed by atoms with E-state index < -0.39 is 0 Å². The van der Waals surface area contributed by atoms with Crippen LogP contribution in [0.15, 0.2) is 18.3 Å². The van der Waals surface area contributed by atoms with Crippen LogP contribution >= 0.6 is 0 Å². The van der Waals surface area contributed by atoms with Crippen LogP contribution in [0.2, 0.25) is 0 Å². The van der Waals surface area contributed by atoms with Crippen LogP contribution in [0.5, 0.6) is 0 Å². The first-order valence-corrected chi connectivity index (χ1v) is 6.46. The number of carbonyl (C=O) groups is 2. The Bertz CT molecular complexity index is 471. The summed E-state index contributed by atoms with van der Waals surface area (Å²) in [5, 5.41) is 8.44. The maximum Gasteiger partial charge on any atom is 0.251 e. The molecule has 0 unspecified atom stereocenters. The molecular weight excluding hydrogens is 244 g/mol. The van der Waals surface area contributed by atoms with Crippen molar-refractivity contribution in [1.82, 2.24) is 15.6 Å². The van der Waals surface area contributed by atoms with Gasteiger partial charge < -0.3 is 16.0 Å². The van der Waals surface area contributed by atoms with E-state index in [2.05, 4.69) is 20.9 Å². The lowest BCUT2D eigenvalue weighted by Crippen LogP contribution is -2.37. The fraction of sp³-hybridized carbons (Fsp3) is 0.462. The molecule has 0 aliphatic heterocycles. The molecule has 1 aromatic rings. The molecule has 1 heterocycles. The summed E-state index contributed by atoms with van der Waals surface area (Å²) in [5.74, 6) is 0.238. The number of rotatable bonds is 6. The van der Waals surface area contributed by atoms with Crippen LogP contribution in [0.1, 0.15) is 30.1 Å². The van der Waals surface area contributed by atoms with E-state index >= 15 is 0 Å². The van der Waals surface area contributed by atoms with Gasteiger partial charge in [-0.25, -0.2) is 4.98 Å². The highest BCUT2D eigenvalue weighted by Crippen LogP contribution is 2.18. The molecule has 1 saturated carbocycles. The largest absolute Gasteiger partial charge is 0.370 e. The van der Waals surface area contributed by atoms with E-state index in [1.807, 2.05) is 6.92 Å². The summed E-state index contributed by atoms with van der Waals surface area (Å²) < 4.78 is 0. The molecule has 2 rings (SSSR count). The van der Waals surface area contributed by atoms with Crippen molar-refractivity contribution in [2.24, 2.45) is 0 Å². The Balaban J connectivity index is 1.84. The zero-order valence-corrected chi connectivity index (χ0v) is 10.9. The fourth-order valence-corrected chi connectivity index (χ4v) is 1.62. The highest BCUT2D eigenvalue weighted by molar-refractivity contribution is 5.96. The lowest BCUT2D eigenvalue weighted by Gasteiger charge is -2.07. The second-order valence-electron chi connectivity index (χ2n) is 4.48. The highest BCUT2D eigenvalue weighted by atomic mass is 16.2. The van der Waals surface area contributed by atoms with E-state index in [4.69, 9.17) is 0 Å². The molecule has 0 atom stereocenters. The molecule has 3 N–H and O–H groups in total. The standard InChI is InChI=1S/C13H18N4O2/c1-2-14-11-7-9(5-6-15-11)13(19)16-8-12(18)17-10-3-4-10/h5-7,10H,2-4,8H2,1H3,(H,14,15)(H,16,19)(H,17,18). The summed E-state index contributed by atoms with van der Waals surface area (Å²) in [4.78, 5) is 27.4.